The summed E-state index contributed by atoms with van der Waals surface area (Å²) in [5.74, 6) is 1.70. The highest BCUT2D eigenvalue weighted by atomic mass is 32.2. The molecule has 4 aromatic rings. The summed E-state index contributed by atoms with van der Waals surface area (Å²) in [7, 11) is -2.43. The number of rotatable bonds is 8. The maximum atomic E-state index is 13.3. The fraction of sp³-hybridized carbons (Fsp3) is 0.367. The van der Waals surface area contributed by atoms with Crippen molar-refractivity contribution in [1.82, 2.24) is 29.2 Å². The molecule has 0 amide bonds. The first-order chi connectivity index (χ1) is 20.1. The van der Waals surface area contributed by atoms with Gasteiger partial charge in [-0.05, 0) is 55.8 Å². The van der Waals surface area contributed by atoms with Gasteiger partial charge in [-0.2, -0.15) is 9.35 Å². The Labute approximate surface area is 244 Å². The SMILES string of the molecule is C=CCn1c(=O)c2cnc(Nc3ccc(C(C)C4C(=O)C5CCN4CC5)cc3)nc2n1-c1cccc(N=S(C)(C)=O)n1. The molecule has 11 nitrogen and oxygen atoms in total. The van der Waals surface area contributed by atoms with Gasteiger partial charge in [0.2, 0.25) is 5.95 Å². The molecule has 7 rings (SSSR count). The second-order valence-electron chi connectivity index (χ2n) is 11.2. The third-order valence-corrected chi connectivity index (χ3v) is 8.64. The van der Waals surface area contributed by atoms with Crippen LogP contribution in [0.2, 0.25) is 0 Å². The Bertz CT molecular complexity index is 1850. The zero-order valence-corrected chi connectivity index (χ0v) is 24.8. The van der Waals surface area contributed by atoms with Crippen molar-refractivity contribution in [1.29, 1.82) is 0 Å². The monoisotopic (exact) mass is 586 g/mol. The predicted octanol–water partition coefficient (Wildman–Crippen LogP) is 4.03. The number of hydrogen-bond acceptors (Lipinski definition) is 9. The van der Waals surface area contributed by atoms with Gasteiger partial charge in [0.05, 0.1) is 12.6 Å². The summed E-state index contributed by atoms with van der Waals surface area (Å²) in [6.07, 6.45) is 8.15. The Morgan fingerprint density at radius 1 is 1.12 bits per heavy atom. The van der Waals surface area contributed by atoms with E-state index in [1.54, 1.807) is 29.0 Å². The Balaban J connectivity index is 1.31. The van der Waals surface area contributed by atoms with E-state index in [-0.39, 0.29) is 30.0 Å². The number of carbonyl (C=O) groups is 1. The molecule has 3 aromatic heterocycles. The molecular weight excluding hydrogens is 552 g/mol. The Kier molecular flexibility index (Phi) is 7.27. The van der Waals surface area contributed by atoms with Gasteiger partial charge in [0.1, 0.15) is 5.39 Å². The van der Waals surface area contributed by atoms with Crippen LogP contribution in [0.4, 0.5) is 17.5 Å². The summed E-state index contributed by atoms with van der Waals surface area (Å²) >= 11 is 0. The number of allylic oxidation sites excluding steroid dienone is 1. The van der Waals surface area contributed by atoms with Crippen LogP contribution in [0.25, 0.3) is 16.9 Å². The van der Waals surface area contributed by atoms with Crippen LogP contribution < -0.4 is 10.9 Å². The summed E-state index contributed by atoms with van der Waals surface area (Å²) < 4.78 is 19.6. The van der Waals surface area contributed by atoms with E-state index in [1.807, 2.05) is 24.3 Å². The molecule has 0 saturated carbocycles. The van der Waals surface area contributed by atoms with Gasteiger partial charge in [0, 0.05) is 46.0 Å². The normalized spacial score (nSPS) is 20.9. The van der Waals surface area contributed by atoms with E-state index in [4.69, 9.17) is 0 Å². The molecule has 6 heterocycles. The maximum Gasteiger partial charge on any atom is 0.278 e. The average molecular weight is 587 g/mol. The van der Waals surface area contributed by atoms with Crippen LogP contribution in [0.5, 0.6) is 0 Å². The molecule has 12 heteroatoms. The lowest BCUT2D eigenvalue weighted by Crippen LogP contribution is -2.57. The number of Topliss-reactive ketones (excluding diaryl/α,β-unsaturated/α-hetero) is 1. The molecule has 3 saturated heterocycles. The van der Waals surface area contributed by atoms with Crippen molar-refractivity contribution in [3.63, 3.8) is 0 Å². The van der Waals surface area contributed by atoms with E-state index in [1.165, 1.54) is 23.4 Å². The molecule has 218 valence electrons. The van der Waals surface area contributed by atoms with Gasteiger partial charge < -0.3 is 5.32 Å². The zero-order chi connectivity index (χ0) is 29.6. The van der Waals surface area contributed by atoms with Crippen molar-refractivity contribution in [3.05, 3.63) is 77.2 Å². The quantitative estimate of drug-likeness (QED) is 0.307. The van der Waals surface area contributed by atoms with Gasteiger partial charge in [-0.15, -0.1) is 6.58 Å². The summed E-state index contributed by atoms with van der Waals surface area (Å²) in [5.41, 5.74) is 1.97. The number of ketones is 1. The van der Waals surface area contributed by atoms with E-state index in [0.29, 0.717) is 34.4 Å². The smallest absolute Gasteiger partial charge is 0.278 e. The fourth-order valence-electron chi connectivity index (χ4n) is 6.04. The number of piperidine rings is 3. The molecule has 42 heavy (non-hydrogen) atoms. The highest BCUT2D eigenvalue weighted by Gasteiger charge is 2.43. The van der Waals surface area contributed by atoms with Crippen molar-refractivity contribution >= 4 is 44.0 Å². The van der Waals surface area contributed by atoms with Gasteiger partial charge in [0.15, 0.2) is 23.1 Å². The Hall–Kier alpha value is -4.16. The number of nitrogens with one attached hydrogen (secondary N) is 1. The van der Waals surface area contributed by atoms with E-state index in [2.05, 4.69) is 43.0 Å². The molecule has 2 bridgehead atoms. The highest BCUT2D eigenvalue weighted by molar-refractivity contribution is 7.92. The molecule has 3 aliphatic heterocycles. The molecular formula is C30H34N8O3S. The molecule has 1 aromatic carbocycles. The highest BCUT2D eigenvalue weighted by Crippen LogP contribution is 2.36. The van der Waals surface area contributed by atoms with Crippen LogP contribution in [0.15, 0.2) is 70.5 Å². The van der Waals surface area contributed by atoms with Gasteiger partial charge in [-0.25, -0.2) is 23.5 Å². The number of carbonyl (C=O) groups excluding carboxylic acids is 1. The molecule has 3 fully saturated rings. The summed E-state index contributed by atoms with van der Waals surface area (Å²) in [6.45, 7) is 8.13. The standard InChI is InChI=1S/C30H34N8O3S/c1-5-15-37-29(40)23-18-31-30(34-28(23)38(37)25-8-6-7-24(33-25)35-42(3,4)41)32-22-11-9-20(10-12-22)19(2)26-27(39)21-13-16-36(26)17-14-21/h5-12,18-19,21,26H,1,13-17H2,2-4H3,(H,31,32,34). The van der Waals surface area contributed by atoms with Crippen molar-refractivity contribution in [2.45, 2.75) is 38.3 Å². The van der Waals surface area contributed by atoms with Crippen LogP contribution in [-0.4, -0.2) is 70.9 Å². The molecule has 1 N–H and O–H groups in total. The van der Waals surface area contributed by atoms with Crippen molar-refractivity contribution in [2.24, 2.45) is 10.3 Å². The van der Waals surface area contributed by atoms with E-state index >= 15 is 0 Å². The zero-order valence-electron chi connectivity index (χ0n) is 23.9. The minimum absolute atomic E-state index is 0.0561. The second-order valence-corrected chi connectivity index (χ2v) is 13.8. The van der Waals surface area contributed by atoms with Gasteiger partial charge >= 0.3 is 0 Å². The largest absolute Gasteiger partial charge is 0.324 e. The first kappa shape index (κ1) is 28.0. The lowest BCUT2D eigenvalue weighted by molar-refractivity contribution is -0.137. The van der Waals surface area contributed by atoms with Crippen LogP contribution in [-0.2, 0) is 21.1 Å². The Morgan fingerprint density at radius 2 is 1.86 bits per heavy atom. The number of nitrogens with zero attached hydrogens (tertiary/aromatic N) is 7. The van der Waals surface area contributed by atoms with Crippen LogP contribution in [0.1, 0.15) is 31.2 Å². The van der Waals surface area contributed by atoms with Gasteiger partial charge in [-0.1, -0.05) is 31.2 Å². The molecule has 3 aliphatic rings. The van der Waals surface area contributed by atoms with Gasteiger partial charge in [0.25, 0.3) is 5.56 Å². The number of fused-ring (bicyclic) bond motifs is 4. The number of pyridine rings is 1. The number of hydrogen-bond donors (Lipinski definition) is 1. The number of aromatic nitrogens is 5. The summed E-state index contributed by atoms with van der Waals surface area (Å²) in [4.78, 5) is 42.2. The molecule has 0 spiro atoms. The minimum atomic E-state index is -2.43. The fourth-order valence-corrected chi connectivity index (χ4v) is 6.59. The van der Waals surface area contributed by atoms with Gasteiger partial charge in [-0.3, -0.25) is 14.5 Å². The topological polar surface area (TPSA) is 127 Å². The van der Waals surface area contributed by atoms with E-state index < -0.39 is 9.73 Å². The first-order valence-corrected chi connectivity index (χ1v) is 16.3. The van der Waals surface area contributed by atoms with E-state index in [9.17, 15) is 13.8 Å². The summed E-state index contributed by atoms with van der Waals surface area (Å²) in [5, 5.41) is 3.56. The molecule has 2 atom stereocenters. The Morgan fingerprint density at radius 3 is 2.52 bits per heavy atom. The van der Waals surface area contributed by atoms with Crippen molar-refractivity contribution < 1.29 is 9.00 Å². The molecule has 0 radical (unpaired) electrons. The third-order valence-electron chi connectivity index (χ3n) is 8.01. The van der Waals surface area contributed by atoms with Crippen molar-refractivity contribution in [3.8, 4) is 5.82 Å². The first-order valence-electron chi connectivity index (χ1n) is 14.0. The minimum Gasteiger partial charge on any atom is -0.324 e. The maximum absolute atomic E-state index is 13.3. The average Bonchev–Trinajstić information content (AvgIpc) is 3.23. The third kappa shape index (κ3) is 5.27. The van der Waals surface area contributed by atoms with Crippen LogP contribution >= 0.6 is 0 Å². The summed E-state index contributed by atoms with van der Waals surface area (Å²) in [6, 6.07) is 13.1. The van der Waals surface area contributed by atoms with Crippen LogP contribution in [0.3, 0.4) is 0 Å². The second kappa shape index (κ2) is 10.9. The van der Waals surface area contributed by atoms with Crippen LogP contribution in [0, 0.1) is 5.92 Å². The predicted molar refractivity (Wildman–Crippen MR) is 164 cm³/mol. The van der Waals surface area contributed by atoms with Crippen molar-refractivity contribution in [2.75, 3.05) is 30.9 Å². The number of benzene rings is 1. The molecule has 0 aliphatic carbocycles. The molecule has 2 unspecified atom stereocenters. The number of anilines is 2. The lowest BCUT2D eigenvalue weighted by atomic mass is 9.76. The lowest BCUT2D eigenvalue weighted by Gasteiger charge is -2.46. The van der Waals surface area contributed by atoms with E-state index in [0.717, 1.165) is 37.2 Å².